The summed E-state index contributed by atoms with van der Waals surface area (Å²) in [6.07, 6.45) is 4.40. The molecule has 1 saturated carbocycles. The Morgan fingerprint density at radius 2 is 1.94 bits per heavy atom. The lowest BCUT2D eigenvalue weighted by Crippen LogP contribution is -2.41. The molecule has 0 aromatic rings. The van der Waals surface area contributed by atoms with Crippen molar-refractivity contribution in [3.8, 4) is 0 Å². The third-order valence-electron chi connectivity index (χ3n) is 3.15. The number of aliphatic hydroxyl groups is 1. The van der Waals surface area contributed by atoms with Gasteiger partial charge in [0.1, 0.15) is 0 Å². The van der Waals surface area contributed by atoms with Gasteiger partial charge in [-0.1, -0.05) is 6.42 Å². The molecule has 3 heteroatoms. The first-order chi connectivity index (χ1) is 7.47. The van der Waals surface area contributed by atoms with Crippen molar-refractivity contribution in [2.75, 3.05) is 19.6 Å². The van der Waals surface area contributed by atoms with Crippen molar-refractivity contribution in [3.05, 3.63) is 0 Å². The molecule has 0 aromatic carbocycles. The Kier molecular flexibility index (Phi) is 5.73. The zero-order chi connectivity index (χ0) is 12.0. The Bertz CT molecular complexity index is 189. The molecule has 2 atom stereocenters. The SMILES string of the molecule is CC(C)(C)NCCNCC1CCCC(O)C1. The normalized spacial score (nSPS) is 27.0. The summed E-state index contributed by atoms with van der Waals surface area (Å²) in [6.45, 7) is 9.64. The fourth-order valence-electron chi connectivity index (χ4n) is 2.28. The molecule has 0 heterocycles. The maximum absolute atomic E-state index is 9.55. The molecule has 1 fully saturated rings. The molecule has 3 N–H and O–H groups in total. The molecule has 1 aliphatic carbocycles. The van der Waals surface area contributed by atoms with Crippen molar-refractivity contribution < 1.29 is 5.11 Å². The number of hydrogen-bond acceptors (Lipinski definition) is 3. The molecule has 0 spiro atoms. The fourth-order valence-corrected chi connectivity index (χ4v) is 2.28. The van der Waals surface area contributed by atoms with E-state index in [1.165, 1.54) is 12.8 Å². The van der Waals surface area contributed by atoms with Crippen LogP contribution in [0.3, 0.4) is 0 Å². The van der Waals surface area contributed by atoms with Gasteiger partial charge in [0.05, 0.1) is 6.10 Å². The second-order valence-electron chi connectivity index (χ2n) is 6.07. The Labute approximate surface area is 100 Å². The number of aliphatic hydroxyl groups excluding tert-OH is 1. The largest absolute Gasteiger partial charge is 0.393 e. The minimum Gasteiger partial charge on any atom is -0.393 e. The molecule has 16 heavy (non-hydrogen) atoms. The van der Waals surface area contributed by atoms with Crippen LogP contribution >= 0.6 is 0 Å². The van der Waals surface area contributed by atoms with Gasteiger partial charge in [-0.05, 0) is 52.5 Å². The molecule has 3 nitrogen and oxygen atoms in total. The number of rotatable bonds is 5. The van der Waals surface area contributed by atoms with E-state index < -0.39 is 0 Å². The molecule has 0 radical (unpaired) electrons. The first-order valence-electron chi connectivity index (χ1n) is 6.61. The Balaban J connectivity index is 1.98. The van der Waals surface area contributed by atoms with Crippen molar-refractivity contribution >= 4 is 0 Å². The lowest BCUT2D eigenvalue weighted by Gasteiger charge is -2.26. The van der Waals surface area contributed by atoms with E-state index in [4.69, 9.17) is 0 Å². The molecular formula is C13H28N2O. The second kappa shape index (κ2) is 6.58. The van der Waals surface area contributed by atoms with E-state index >= 15 is 0 Å². The summed E-state index contributed by atoms with van der Waals surface area (Å²) in [5, 5.41) is 16.5. The first kappa shape index (κ1) is 13.9. The minimum absolute atomic E-state index is 0.0479. The second-order valence-corrected chi connectivity index (χ2v) is 6.07. The smallest absolute Gasteiger partial charge is 0.0543 e. The molecule has 0 amide bonds. The van der Waals surface area contributed by atoms with Crippen molar-refractivity contribution in [2.24, 2.45) is 5.92 Å². The molecular weight excluding hydrogens is 200 g/mol. The van der Waals surface area contributed by atoms with E-state index in [9.17, 15) is 5.11 Å². The maximum Gasteiger partial charge on any atom is 0.0543 e. The topological polar surface area (TPSA) is 44.3 Å². The molecule has 0 aromatic heterocycles. The molecule has 2 unspecified atom stereocenters. The lowest BCUT2D eigenvalue weighted by molar-refractivity contribution is 0.101. The molecule has 96 valence electrons. The predicted molar refractivity (Wildman–Crippen MR) is 68.6 cm³/mol. The van der Waals surface area contributed by atoms with E-state index in [0.29, 0.717) is 5.92 Å². The van der Waals surface area contributed by atoms with Gasteiger partial charge in [-0.3, -0.25) is 0 Å². The fraction of sp³-hybridized carbons (Fsp3) is 1.00. The monoisotopic (exact) mass is 228 g/mol. The summed E-state index contributed by atoms with van der Waals surface area (Å²) in [7, 11) is 0. The molecule has 0 aliphatic heterocycles. The highest BCUT2D eigenvalue weighted by molar-refractivity contribution is 4.75. The van der Waals surface area contributed by atoms with E-state index in [1.807, 2.05) is 0 Å². The number of nitrogens with one attached hydrogen (secondary N) is 2. The first-order valence-corrected chi connectivity index (χ1v) is 6.61. The summed E-state index contributed by atoms with van der Waals surface area (Å²) in [6, 6.07) is 0. The summed E-state index contributed by atoms with van der Waals surface area (Å²) in [5.74, 6) is 0.679. The zero-order valence-corrected chi connectivity index (χ0v) is 11.1. The highest BCUT2D eigenvalue weighted by Gasteiger charge is 2.19. The van der Waals surface area contributed by atoms with Gasteiger partial charge in [0, 0.05) is 18.6 Å². The van der Waals surface area contributed by atoms with Crippen LogP contribution in [0.5, 0.6) is 0 Å². The van der Waals surface area contributed by atoms with Crippen LogP contribution in [0.1, 0.15) is 46.5 Å². The van der Waals surface area contributed by atoms with Gasteiger partial charge < -0.3 is 15.7 Å². The van der Waals surface area contributed by atoms with Crippen LogP contribution in [0, 0.1) is 5.92 Å². The summed E-state index contributed by atoms with van der Waals surface area (Å²) in [4.78, 5) is 0. The van der Waals surface area contributed by atoms with Gasteiger partial charge in [-0.2, -0.15) is 0 Å². The third kappa shape index (κ3) is 6.46. The molecule has 1 aliphatic rings. The van der Waals surface area contributed by atoms with E-state index in [2.05, 4.69) is 31.4 Å². The van der Waals surface area contributed by atoms with E-state index in [1.54, 1.807) is 0 Å². The van der Waals surface area contributed by atoms with Crippen LogP contribution < -0.4 is 10.6 Å². The van der Waals surface area contributed by atoms with Gasteiger partial charge in [-0.15, -0.1) is 0 Å². The van der Waals surface area contributed by atoms with Crippen molar-refractivity contribution in [1.29, 1.82) is 0 Å². The molecule has 0 bridgehead atoms. The van der Waals surface area contributed by atoms with Crippen LogP contribution in [0.15, 0.2) is 0 Å². The van der Waals surface area contributed by atoms with Gasteiger partial charge in [0.15, 0.2) is 0 Å². The Morgan fingerprint density at radius 1 is 1.19 bits per heavy atom. The predicted octanol–water partition coefficient (Wildman–Crippen LogP) is 1.52. The van der Waals surface area contributed by atoms with E-state index in [-0.39, 0.29) is 11.6 Å². The van der Waals surface area contributed by atoms with Crippen LogP contribution in [-0.4, -0.2) is 36.4 Å². The Morgan fingerprint density at radius 3 is 2.56 bits per heavy atom. The quantitative estimate of drug-likeness (QED) is 0.625. The van der Waals surface area contributed by atoms with Crippen molar-refractivity contribution in [3.63, 3.8) is 0 Å². The molecule has 0 saturated heterocycles. The van der Waals surface area contributed by atoms with Gasteiger partial charge in [0.25, 0.3) is 0 Å². The van der Waals surface area contributed by atoms with Crippen LogP contribution in [0.25, 0.3) is 0 Å². The zero-order valence-electron chi connectivity index (χ0n) is 11.1. The molecule has 1 rings (SSSR count). The van der Waals surface area contributed by atoms with Crippen molar-refractivity contribution in [1.82, 2.24) is 10.6 Å². The van der Waals surface area contributed by atoms with Crippen LogP contribution in [0.2, 0.25) is 0 Å². The van der Waals surface area contributed by atoms with E-state index in [0.717, 1.165) is 32.5 Å². The van der Waals surface area contributed by atoms with Gasteiger partial charge in [-0.25, -0.2) is 0 Å². The van der Waals surface area contributed by atoms with Gasteiger partial charge in [0.2, 0.25) is 0 Å². The number of hydrogen-bond donors (Lipinski definition) is 3. The van der Waals surface area contributed by atoms with Crippen molar-refractivity contribution in [2.45, 2.75) is 58.1 Å². The Hall–Kier alpha value is -0.120. The highest BCUT2D eigenvalue weighted by atomic mass is 16.3. The summed E-state index contributed by atoms with van der Waals surface area (Å²) >= 11 is 0. The highest BCUT2D eigenvalue weighted by Crippen LogP contribution is 2.23. The minimum atomic E-state index is -0.0479. The van der Waals surface area contributed by atoms with Crippen LogP contribution in [-0.2, 0) is 0 Å². The van der Waals surface area contributed by atoms with Crippen LogP contribution in [0.4, 0.5) is 0 Å². The standard InChI is InChI=1S/C13H28N2O/c1-13(2,3)15-8-7-14-10-11-5-4-6-12(16)9-11/h11-12,14-16H,4-10H2,1-3H3. The van der Waals surface area contributed by atoms with Gasteiger partial charge >= 0.3 is 0 Å². The average molecular weight is 228 g/mol. The average Bonchev–Trinajstić information content (AvgIpc) is 2.15. The summed E-state index contributed by atoms with van der Waals surface area (Å²) < 4.78 is 0. The third-order valence-corrected chi connectivity index (χ3v) is 3.15. The lowest BCUT2D eigenvalue weighted by atomic mass is 9.87. The maximum atomic E-state index is 9.55. The summed E-state index contributed by atoms with van der Waals surface area (Å²) in [5.41, 5.74) is 0.211.